The maximum absolute atomic E-state index is 12.5. The Hall–Kier alpha value is -0.780. The Balaban J connectivity index is 2.26. The van der Waals surface area contributed by atoms with Crippen LogP contribution in [0, 0.1) is 17.8 Å². The van der Waals surface area contributed by atoms with Gasteiger partial charge in [-0.2, -0.15) is 13.2 Å². The molecule has 1 atom stereocenters. The minimum Gasteiger partial charge on any atom is -0.356 e. The summed E-state index contributed by atoms with van der Waals surface area (Å²) in [6.45, 7) is 2.48. The van der Waals surface area contributed by atoms with E-state index in [2.05, 4.69) is 5.32 Å². The van der Waals surface area contributed by atoms with Gasteiger partial charge in [0.05, 0.1) is 5.92 Å². The van der Waals surface area contributed by atoms with Crippen LogP contribution in [-0.2, 0) is 4.79 Å². The lowest BCUT2D eigenvalue weighted by molar-refractivity contribution is -0.183. The second kappa shape index (κ2) is 6.41. The molecule has 1 saturated carbocycles. The number of alkyl halides is 3. The molecule has 1 aliphatic carbocycles. The second-order valence-corrected chi connectivity index (χ2v) is 5.14. The van der Waals surface area contributed by atoms with Crippen molar-refractivity contribution in [3.63, 3.8) is 0 Å². The van der Waals surface area contributed by atoms with Gasteiger partial charge in [-0.25, -0.2) is 0 Å². The molecule has 0 radical (unpaired) electrons. The van der Waals surface area contributed by atoms with Gasteiger partial charge in [0, 0.05) is 19.0 Å². The molecule has 6 heteroatoms. The van der Waals surface area contributed by atoms with Gasteiger partial charge in [-0.05, 0) is 31.6 Å². The highest BCUT2D eigenvalue weighted by Gasteiger charge is 2.41. The van der Waals surface area contributed by atoms with Crippen molar-refractivity contribution in [2.24, 2.45) is 23.5 Å². The number of carbonyl (C=O) groups is 1. The summed E-state index contributed by atoms with van der Waals surface area (Å²) in [6.07, 6.45) is -2.65. The summed E-state index contributed by atoms with van der Waals surface area (Å²) in [5.74, 6) is -1.35. The van der Waals surface area contributed by atoms with Crippen molar-refractivity contribution in [3.8, 4) is 0 Å². The zero-order valence-electron chi connectivity index (χ0n) is 10.6. The van der Waals surface area contributed by atoms with Gasteiger partial charge >= 0.3 is 6.18 Å². The molecule has 1 amide bonds. The largest absolute Gasteiger partial charge is 0.391 e. The molecule has 0 spiro atoms. The number of hydrogen-bond acceptors (Lipinski definition) is 2. The van der Waals surface area contributed by atoms with Crippen molar-refractivity contribution in [2.45, 2.75) is 38.8 Å². The molecule has 0 aromatic heterocycles. The van der Waals surface area contributed by atoms with Crippen molar-refractivity contribution in [2.75, 3.05) is 13.1 Å². The van der Waals surface area contributed by atoms with Gasteiger partial charge < -0.3 is 11.1 Å². The first kappa shape index (κ1) is 15.3. The summed E-state index contributed by atoms with van der Waals surface area (Å²) in [6, 6.07) is 0. The van der Waals surface area contributed by atoms with E-state index in [1.54, 1.807) is 6.92 Å². The minimum absolute atomic E-state index is 0.115. The quantitative estimate of drug-likeness (QED) is 0.818. The topological polar surface area (TPSA) is 55.1 Å². The second-order valence-electron chi connectivity index (χ2n) is 5.14. The molecule has 1 aliphatic rings. The van der Waals surface area contributed by atoms with E-state index in [1.165, 1.54) is 0 Å². The molecule has 0 aromatic rings. The Labute approximate surface area is 105 Å². The number of amides is 1. The van der Waals surface area contributed by atoms with Gasteiger partial charge in [0.15, 0.2) is 0 Å². The monoisotopic (exact) mass is 266 g/mol. The maximum Gasteiger partial charge on any atom is 0.391 e. The molecular weight excluding hydrogens is 245 g/mol. The van der Waals surface area contributed by atoms with Crippen LogP contribution in [-0.4, -0.2) is 25.2 Å². The highest BCUT2D eigenvalue weighted by molar-refractivity contribution is 5.78. The number of nitrogens with two attached hydrogens (primary N) is 1. The Morgan fingerprint density at radius 2 is 1.89 bits per heavy atom. The third-order valence-corrected chi connectivity index (χ3v) is 3.68. The van der Waals surface area contributed by atoms with Gasteiger partial charge in [0.25, 0.3) is 0 Å². The van der Waals surface area contributed by atoms with E-state index in [-0.39, 0.29) is 37.1 Å². The molecule has 1 unspecified atom stereocenters. The number of rotatable bonds is 4. The van der Waals surface area contributed by atoms with Crippen LogP contribution in [0.5, 0.6) is 0 Å². The third-order valence-electron chi connectivity index (χ3n) is 3.68. The average Bonchev–Trinajstić information content (AvgIpc) is 2.34. The lowest BCUT2D eigenvalue weighted by Gasteiger charge is -2.30. The molecule has 1 rings (SSSR count). The average molecular weight is 266 g/mol. The van der Waals surface area contributed by atoms with Crippen LogP contribution >= 0.6 is 0 Å². The number of hydrogen-bond donors (Lipinski definition) is 2. The normalized spacial score (nSPS) is 26.7. The highest BCUT2D eigenvalue weighted by Crippen LogP contribution is 2.39. The van der Waals surface area contributed by atoms with Crippen molar-refractivity contribution < 1.29 is 18.0 Å². The summed E-state index contributed by atoms with van der Waals surface area (Å²) in [4.78, 5) is 11.5. The first-order valence-electron chi connectivity index (χ1n) is 6.39. The van der Waals surface area contributed by atoms with Gasteiger partial charge in [-0.3, -0.25) is 4.79 Å². The molecule has 0 aliphatic heterocycles. The van der Waals surface area contributed by atoms with Crippen LogP contribution in [0.15, 0.2) is 0 Å². The summed E-state index contributed by atoms with van der Waals surface area (Å²) >= 11 is 0. The molecule has 3 nitrogen and oxygen atoms in total. The van der Waals surface area contributed by atoms with Crippen molar-refractivity contribution in [1.29, 1.82) is 0 Å². The van der Waals surface area contributed by atoms with E-state index < -0.39 is 12.1 Å². The fraction of sp³-hybridized carbons (Fsp3) is 0.917. The molecule has 0 aromatic carbocycles. The molecule has 0 saturated heterocycles. The fourth-order valence-corrected chi connectivity index (χ4v) is 2.22. The highest BCUT2D eigenvalue weighted by atomic mass is 19.4. The van der Waals surface area contributed by atoms with Crippen LogP contribution in [0.2, 0.25) is 0 Å². The first-order valence-corrected chi connectivity index (χ1v) is 6.39. The van der Waals surface area contributed by atoms with E-state index >= 15 is 0 Å². The Kier molecular flexibility index (Phi) is 5.44. The van der Waals surface area contributed by atoms with E-state index in [9.17, 15) is 18.0 Å². The lowest BCUT2D eigenvalue weighted by atomic mass is 9.81. The smallest absolute Gasteiger partial charge is 0.356 e. The summed E-state index contributed by atoms with van der Waals surface area (Å²) in [5, 5.41) is 2.76. The summed E-state index contributed by atoms with van der Waals surface area (Å²) in [7, 11) is 0. The van der Waals surface area contributed by atoms with E-state index in [0.717, 1.165) is 0 Å². The Morgan fingerprint density at radius 3 is 2.33 bits per heavy atom. The van der Waals surface area contributed by atoms with Crippen LogP contribution in [0.1, 0.15) is 32.6 Å². The Morgan fingerprint density at radius 1 is 1.33 bits per heavy atom. The van der Waals surface area contributed by atoms with Gasteiger partial charge in [0.1, 0.15) is 0 Å². The first-order chi connectivity index (χ1) is 8.34. The van der Waals surface area contributed by atoms with E-state index in [1.807, 2.05) is 0 Å². The van der Waals surface area contributed by atoms with Gasteiger partial charge in [0.2, 0.25) is 5.91 Å². The SMILES string of the molecule is CC(CN)C(=O)NCC1CCC(C(F)(F)F)CC1. The fourth-order valence-electron chi connectivity index (χ4n) is 2.22. The molecule has 3 N–H and O–H groups in total. The van der Waals surface area contributed by atoms with Crippen LogP contribution < -0.4 is 11.1 Å². The lowest BCUT2D eigenvalue weighted by Crippen LogP contribution is -2.38. The zero-order valence-corrected chi connectivity index (χ0v) is 10.6. The Bertz CT molecular complexity index is 273. The van der Waals surface area contributed by atoms with Crippen LogP contribution in [0.3, 0.4) is 0 Å². The van der Waals surface area contributed by atoms with Crippen LogP contribution in [0.4, 0.5) is 13.2 Å². The predicted molar refractivity (Wildman–Crippen MR) is 62.7 cm³/mol. The standard InChI is InChI=1S/C12H21F3N2O/c1-8(6-16)11(18)17-7-9-2-4-10(5-3-9)12(13,14)15/h8-10H,2-7,16H2,1H3,(H,17,18). The molecular formula is C12H21F3N2O. The van der Waals surface area contributed by atoms with E-state index in [0.29, 0.717) is 19.4 Å². The number of halogens is 3. The molecule has 18 heavy (non-hydrogen) atoms. The third kappa shape index (κ3) is 4.48. The predicted octanol–water partition coefficient (Wildman–Crippen LogP) is 2.07. The van der Waals surface area contributed by atoms with Crippen molar-refractivity contribution in [1.82, 2.24) is 5.32 Å². The summed E-state index contributed by atoms with van der Waals surface area (Å²) < 4.78 is 37.4. The van der Waals surface area contributed by atoms with Crippen LogP contribution in [0.25, 0.3) is 0 Å². The summed E-state index contributed by atoms with van der Waals surface area (Å²) in [5.41, 5.74) is 5.36. The van der Waals surface area contributed by atoms with Crippen molar-refractivity contribution >= 4 is 5.91 Å². The maximum atomic E-state index is 12.5. The van der Waals surface area contributed by atoms with Gasteiger partial charge in [-0.15, -0.1) is 0 Å². The molecule has 0 bridgehead atoms. The van der Waals surface area contributed by atoms with Crippen molar-refractivity contribution in [3.05, 3.63) is 0 Å². The minimum atomic E-state index is -4.07. The van der Waals surface area contributed by atoms with Gasteiger partial charge in [-0.1, -0.05) is 6.92 Å². The number of nitrogens with one attached hydrogen (secondary N) is 1. The molecule has 106 valence electrons. The molecule has 1 fully saturated rings. The zero-order chi connectivity index (χ0) is 13.8. The van der Waals surface area contributed by atoms with E-state index in [4.69, 9.17) is 5.73 Å². The molecule has 0 heterocycles. The number of carbonyl (C=O) groups excluding carboxylic acids is 1.